The lowest BCUT2D eigenvalue weighted by molar-refractivity contribution is -0.181. The number of amides is 2. The zero-order valence-corrected chi connectivity index (χ0v) is 18.7. The van der Waals surface area contributed by atoms with Gasteiger partial charge in [0.2, 0.25) is 0 Å². The van der Waals surface area contributed by atoms with Crippen LogP contribution in [-0.2, 0) is 5.41 Å². The maximum atomic E-state index is 13.4. The average Bonchev–Trinajstić information content (AvgIpc) is 3.23. The number of nitrogens with one attached hydrogen (secondary N) is 1. The van der Waals surface area contributed by atoms with Gasteiger partial charge in [-0.3, -0.25) is 10.3 Å². The van der Waals surface area contributed by atoms with Crippen molar-refractivity contribution in [2.75, 3.05) is 11.9 Å². The van der Waals surface area contributed by atoms with Crippen LogP contribution < -0.4 is 11.1 Å². The fourth-order valence-electron chi connectivity index (χ4n) is 3.25. The van der Waals surface area contributed by atoms with Crippen molar-refractivity contribution in [2.24, 2.45) is 5.73 Å². The Kier molecular flexibility index (Phi) is 6.27. The van der Waals surface area contributed by atoms with Crippen molar-refractivity contribution in [3.05, 3.63) is 29.7 Å². The lowest BCUT2D eigenvalue weighted by atomic mass is 9.87. The molecule has 0 radical (unpaired) electrons. The molecule has 2 aromatic heterocycles. The number of anilines is 1. The summed E-state index contributed by atoms with van der Waals surface area (Å²) in [5.41, 5.74) is 4.51. The molecule has 7 nitrogen and oxygen atoms in total. The number of rotatable bonds is 4. The van der Waals surface area contributed by atoms with E-state index in [1.54, 1.807) is 13.0 Å². The van der Waals surface area contributed by atoms with E-state index in [2.05, 4.69) is 15.3 Å². The number of aromatic nitrogens is 2. The number of pyridine rings is 1. The molecule has 0 saturated carbocycles. The Morgan fingerprint density at radius 1 is 1.42 bits per heavy atom. The van der Waals surface area contributed by atoms with Crippen LogP contribution in [-0.4, -0.2) is 55.9 Å². The third-order valence-corrected chi connectivity index (χ3v) is 6.64. The second kappa shape index (κ2) is 8.32. The third kappa shape index (κ3) is 4.65. The van der Waals surface area contributed by atoms with Crippen molar-refractivity contribution in [2.45, 2.75) is 50.9 Å². The van der Waals surface area contributed by atoms with Gasteiger partial charge >= 0.3 is 12.2 Å². The second-order valence-electron chi connectivity index (χ2n) is 7.88. The van der Waals surface area contributed by atoms with E-state index in [9.17, 15) is 23.1 Å². The Balaban J connectivity index is 1.84. The zero-order chi connectivity index (χ0) is 23.1. The van der Waals surface area contributed by atoms with Crippen LogP contribution in [0, 0.1) is 6.92 Å². The largest absolute Gasteiger partial charge is 0.399 e. The van der Waals surface area contributed by atoms with Crippen LogP contribution in [0.15, 0.2) is 18.3 Å². The van der Waals surface area contributed by atoms with Gasteiger partial charge in [0.05, 0.1) is 33.4 Å². The molecule has 2 amide bonds. The molecule has 168 valence electrons. The quantitative estimate of drug-likeness (QED) is 0.586. The first-order chi connectivity index (χ1) is 14.3. The molecule has 12 heteroatoms. The highest BCUT2D eigenvalue weighted by Gasteiger charge is 2.49. The van der Waals surface area contributed by atoms with Gasteiger partial charge in [-0.15, -0.1) is 0 Å². The van der Waals surface area contributed by atoms with E-state index in [1.165, 1.54) is 17.2 Å². The summed E-state index contributed by atoms with van der Waals surface area (Å²) >= 11 is 6.10. The Labute approximate surface area is 186 Å². The molecular formula is C19H22F3N5O2S2. The van der Waals surface area contributed by atoms with Crippen molar-refractivity contribution < 1.29 is 23.1 Å². The van der Waals surface area contributed by atoms with Crippen LogP contribution in [0.25, 0.3) is 10.4 Å². The molecule has 0 unspecified atom stereocenters. The first-order valence-electron chi connectivity index (χ1n) is 9.37. The fraction of sp³-hybridized carbons (Fsp3) is 0.474. The number of halogens is 3. The van der Waals surface area contributed by atoms with E-state index in [0.29, 0.717) is 16.1 Å². The summed E-state index contributed by atoms with van der Waals surface area (Å²) < 4.78 is 40.2. The Morgan fingerprint density at radius 3 is 2.71 bits per heavy atom. The van der Waals surface area contributed by atoms with Gasteiger partial charge in [-0.2, -0.15) is 13.2 Å². The monoisotopic (exact) mass is 473 g/mol. The third-order valence-electron chi connectivity index (χ3n) is 5.25. The molecule has 2 aromatic rings. The number of aliphatic hydroxyl groups excluding tert-OH is 1. The van der Waals surface area contributed by atoms with Crippen LogP contribution >= 0.6 is 23.6 Å². The minimum absolute atomic E-state index is 0.0886. The van der Waals surface area contributed by atoms with Crippen molar-refractivity contribution in [3.63, 3.8) is 0 Å². The van der Waals surface area contributed by atoms with Gasteiger partial charge in [-0.1, -0.05) is 23.6 Å². The number of aliphatic hydroxyl groups is 1. The number of aryl methyl sites for hydroxylation is 1. The topological polar surface area (TPSA) is 104 Å². The van der Waals surface area contributed by atoms with Crippen LogP contribution in [0.2, 0.25) is 0 Å². The first kappa shape index (κ1) is 23.4. The van der Waals surface area contributed by atoms with Crippen LogP contribution in [0.5, 0.6) is 0 Å². The summed E-state index contributed by atoms with van der Waals surface area (Å²) in [7, 11) is 0. The van der Waals surface area contributed by atoms with Crippen molar-refractivity contribution in [1.29, 1.82) is 0 Å². The van der Waals surface area contributed by atoms with E-state index in [0.717, 1.165) is 25.2 Å². The molecule has 3 heterocycles. The van der Waals surface area contributed by atoms with Gasteiger partial charge in [0.25, 0.3) is 0 Å². The number of nitrogens with two attached hydrogens (primary N) is 1. The zero-order valence-electron chi connectivity index (χ0n) is 17.0. The first-order valence-corrected chi connectivity index (χ1v) is 10.6. The number of likely N-dealkylation sites (tertiary alicyclic amines) is 1. The fourth-order valence-corrected chi connectivity index (χ4v) is 4.42. The summed E-state index contributed by atoms with van der Waals surface area (Å²) in [5, 5.41) is 12.8. The summed E-state index contributed by atoms with van der Waals surface area (Å²) in [5.74, 6) is 0. The van der Waals surface area contributed by atoms with E-state index in [1.807, 2.05) is 0 Å². The molecule has 0 aromatic carbocycles. The molecule has 3 rings (SSSR count). The number of thiocarbonyl (C=S) groups is 1. The molecule has 1 aliphatic heterocycles. The minimum atomic E-state index is -4.46. The number of hydrogen-bond donors (Lipinski definition) is 3. The maximum absolute atomic E-state index is 13.4. The summed E-state index contributed by atoms with van der Waals surface area (Å²) in [6.45, 7) is 3.94. The standard InChI is InChI=1S/C19H22F3N5O2S2/c1-9-14(10-4-5-24-13(6-10)18(2,3)19(20,21)22)31-16(25-9)26-17(29)27-8-11(28)7-12(27)15(23)30/h4-6,11-12,28H,7-8H2,1-3H3,(H2,23,30)(H,25,26,29)/t11-,12-/m0/s1. The molecule has 4 N–H and O–H groups in total. The highest BCUT2D eigenvalue weighted by molar-refractivity contribution is 7.80. The summed E-state index contributed by atoms with van der Waals surface area (Å²) in [6, 6.07) is 1.92. The van der Waals surface area contributed by atoms with Crippen molar-refractivity contribution in [1.82, 2.24) is 14.9 Å². The molecule has 2 atom stereocenters. The normalized spacial score (nSPS) is 19.5. The molecule has 0 bridgehead atoms. The van der Waals surface area contributed by atoms with Crippen LogP contribution in [0.4, 0.5) is 23.1 Å². The van der Waals surface area contributed by atoms with Gasteiger partial charge in [0.1, 0.15) is 5.41 Å². The molecule has 1 fully saturated rings. The van der Waals surface area contributed by atoms with Crippen LogP contribution in [0.1, 0.15) is 31.7 Å². The molecule has 1 saturated heterocycles. The van der Waals surface area contributed by atoms with Crippen molar-refractivity contribution in [3.8, 4) is 10.4 Å². The minimum Gasteiger partial charge on any atom is -0.392 e. The lowest BCUT2D eigenvalue weighted by Crippen LogP contribution is -2.44. The van der Waals surface area contributed by atoms with Gasteiger partial charge in [0.15, 0.2) is 5.13 Å². The molecule has 1 aliphatic rings. The predicted molar refractivity (Wildman–Crippen MR) is 116 cm³/mol. The Hall–Kier alpha value is -2.31. The average molecular weight is 474 g/mol. The predicted octanol–water partition coefficient (Wildman–Crippen LogP) is 3.61. The van der Waals surface area contributed by atoms with E-state index in [4.69, 9.17) is 18.0 Å². The summed E-state index contributed by atoms with van der Waals surface area (Å²) in [4.78, 5) is 23.0. The smallest absolute Gasteiger partial charge is 0.392 e. The molecule has 0 spiro atoms. The number of carbonyl (C=O) groups is 1. The number of alkyl halides is 3. The van der Waals surface area contributed by atoms with E-state index in [-0.39, 0.29) is 28.8 Å². The Bertz CT molecular complexity index is 1010. The van der Waals surface area contributed by atoms with Gasteiger partial charge in [0, 0.05) is 19.2 Å². The number of β-amino-alcohol motifs (C(OH)–C–C–N with tert-alkyl or cyclic N) is 1. The van der Waals surface area contributed by atoms with Crippen LogP contribution in [0.3, 0.4) is 0 Å². The molecular weight excluding hydrogens is 451 g/mol. The number of hydrogen-bond acceptors (Lipinski definition) is 6. The number of urea groups is 1. The van der Waals surface area contributed by atoms with E-state index < -0.39 is 29.8 Å². The van der Waals surface area contributed by atoms with Gasteiger partial charge < -0.3 is 15.7 Å². The number of nitrogens with zero attached hydrogens (tertiary/aromatic N) is 3. The SMILES string of the molecule is Cc1nc(NC(=O)N2C[C@@H](O)C[C@H]2C(N)=S)sc1-c1ccnc(C(C)(C)C(F)(F)F)c1. The Morgan fingerprint density at radius 2 is 2.10 bits per heavy atom. The van der Waals surface area contributed by atoms with Crippen molar-refractivity contribution >= 4 is 39.7 Å². The van der Waals surface area contributed by atoms with Gasteiger partial charge in [-0.25, -0.2) is 9.78 Å². The molecule has 31 heavy (non-hydrogen) atoms. The highest BCUT2D eigenvalue weighted by Crippen LogP contribution is 2.41. The second-order valence-corrected chi connectivity index (χ2v) is 9.35. The number of thiazole rings is 1. The molecule has 0 aliphatic carbocycles. The number of carbonyl (C=O) groups excluding carboxylic acids is 1. The van der Waals surface area contributed by atoms with Gasteiger partial charge in [-0.05, 0) is 38.5 Å². The lowest BCUT2D eigenvalue weighted by Gasteiger charge is -2.27. The summed E-state index contributed by atoms with van der Waals surface area (Å²) in [6.07, 6.45) is -3.59. The maximum Gasteiger partial charge on any atom is 0.399 e. The highest BCUT2D eigenvalue weighted by atomic mass is 32.1. The van der Waals surface area contributed by atoms with E-state index >= 15 is 0 Å².